The van der Waals surface area contributed by atoms with Crippen molar-refractivity contribution in [1.29, 1.82) is 0 Å². The highest BCUT2D eigenvalue weighted by molar-refractivity contribution is 5.35. The Morgan fingerprint density at radius 2 is 1.53 bits per heavy atom. The summed E-state index contributed by atoms with van der Waals surface area (Å²) in [6.45, 7) is 13.8. The van der Waals surface area contributed by atoms with Crippen LogP contribution in [0.15, 0.2) is 17.2 Å². The largest absolute Gasteiger partial charge is 0.0766 e. The van der Waals surface area contributed by atoms with Crippen LogP contribution in [-0.2, 0) is 0 Å². The van der Waals surface area contributed by atoms with Gasteiger partial charge in [0.2, 0.25) is 0 Å². The zero-order valence-electron chi connectivity index (χ0n) is 11.2. The number of hydrogen-bond acceptors (Lipinski definition) is 0. The van der Waals surface area contributed by atoms with Gasteiger partial charge in [-0.1, -0.05) is 47.6 Å². The molecule has 0 unspecified atom stereocenters. The molecule has 85 valence electrons. The molecule has 0 nitrogen and oxygen atoms in total. The van der Waals surface area contributed by atoms with Gasteiger partial charge in [-0.25, -0.2) is 0 Å². The van der Waals surface area contributed by atoms with Crippen molar-refractivity contribution < 1.29 is 0 Å². The van der Waals surface area contributed by atoms with E-state index in [1.165, 1.54) is 17.6 Å². The quantitative estimate of drug-likeness (QED) is 0.600. The maximum Gasteiger partial charge on any atom is -0.00857 e. The van der Waals surface area contributed by atoms with Gasteiger partial charge < -0.3 is 0 Å². The lowest BCUT2D eigenvalue weighted by Gasteiger charge is -2.24. The van der Waals surface area contributed by atoms with E-state index in [-0.39, 0.29) is 0 Å². The Labute approximate surface area is 95.5 Å². The summed E-state index contributed by atoms with van der Waals surface area (Å²) in [4.78, 5) is 0. The van der Waals surface area contributed by atoms with Crippen LogP contribution in [0.3, 0.4) is 0 Å². The zero-order chi connectivity index (χ0) is 11.7. The second-order valence-electron chi connectivity index (χ2n) is 7.06. The molecule has 0 atom stereocenters. The third-order valence-corrected chi connectivity index (χ3v) is 2.48. The van der Waals surface area contributed by atoms with Crippen molar-refractivity contribution in [3.8, 4) is 0 Å². The molecular weight excluding hydrogens is 180 g/mol. The smallest absolute Gasteiger partial charge is 0.00857 e. The molecular formula is C15H25. The number of allylic oxidation sites excluding steroid dienone is 4. The van der Waals surface area contributed by atoms with Crippen LogP contribution in [-0.4, -0.2) is 0 Å². The molecule has 1 rings (SSSR count). The van der Waals surface area contributed by atoms with E-state index in [0.717, 1.165) is 12.8 Å². The monoisotopic (exact) mass is 205 g/mol. The molecule has 0 amide bonds. The van der Waals surface area contributed by atoms with Crippen LogP contribution < -0.4 is 0 Å². The van der Waals surface area contributed by atoms with E-state index in [1.807, 2.05) is 0 Å². The first kappa shape index (κ1) is 12.5. The zero-order valence-corrected chi connectivity index (χ0v) is 11.2. The lowest BCUT2D eigenvalue weighted by atomic mass is 9.81. The van der Waals surface area contributed by atoms with Gasteiger partial charge in [-0.2, -0.15) is 0 Å². The highest BCUT2D eigenvalue weighted by Crippen LogP contribution is 2.37. The van der Waals surface area contributed by atoms with Crippen molar-refractivity contribution in [3.63, 3.8) is 0 Å². The standard InChI is InChI=1S/C15H25/c1-14(2,3)10-12-8-7-9-13(12)11-15(4,5)6/h8H,7,10-11H2,1-6H3. The lowest BCUT2D eigenvalue weighted by molar-refractivity contribution is 0.391. The van der Waals surface area contributed by atoms with E-state index >= 15 is 0 Å². The molecule has 0 heterocycles. The van der Waals surface area contributed by atoms with Gasteiger partial charge >= 0.3 is 0 Å². The van der Waals surface area contributed by atoms with Gasteiger partial charge in [0.05, 0.1) is 0 Å². The fraction of sp³-hybridized carbons (Fsp3) is 0.733. The number of hydrogen-bond donors (Lipinski definition) is 0. The summed E-state index contributed by atoms with van der Waals surface area (Å²) in [6.07, 6.45) is 9.24. The van der Waals surface area contributed by atoms with Gasteiger partial charge in [-0.05, 0) is 47.3 Å². The average Bonchev–Trinajstić information content (AvgIpc) is 2.29. The molecule has 0 aromatic carbocycles. The summed E-state index contributed by atoms with van der Waals surface area (Å²) in [5.74, 6) is 0. The van der Waals surface area contributed by atoms with E-state index in [9.17, 15) is 0 Å². The minimum Gasteiger partial charge on any atom is -0.0766 e. The second-order valence-corrected chi connectivity index (χ2v) is 7.06. The van der Waals surface area contributed by atoms with Crippen LogP contribution in [0.25, 0.3) is 0 Å². The fourth-order valence-electron chi connectivity index (χ4n) is 1.99. The molecule has 0 heteroatoms. The summed E-state index contributed by atoms with van der Waals surface area (Å²) in [5.41, 5.74) is 3.78. The van der Waals surface area contributed by atoms with Crippen LogP contribution in [0.4, 0.5) is 0 Å². The average molecular weight is 205 g/mol. The van der Waals surface area contributed by atoms with Crippen LogP contribution in [0.5, 0.6) is 0 Å². The molecule has 0 aromatic rings. The molecule has 0 aromatic heterocycles. The van der Waals surface area contributed by atoms with Crippen molar-refractivity contribution in [2.75, 3.05) is 0 Å². The van der Waals surface area contributed by atoms with Crippen molar-refractivity contribution in [2.24, 2.45) is 10.8 Å². The van der Waals surface area contributed by atoms with E-state index in [0.29, 0.717) is 10.8 Å². The maximum atomic E-state index is 3.51. The lowest BCUT2D eigenvalue weighted by Crippen LogP contribution is -2.11. The van der Waals surface area contributed by atoms with E-state index in [1.54, 1.807) is 0 Å². The molecule has 1 aliphatic rings. The Bertz CT molecular complexity index is 246. The SMILES string of the molecule is CC(C)(C)CC1=[C]CC=C1CC(C)(C)C. The van der Waals surface area contributed by atoms with Crippen LogP contribution >= 0.6 is 0 Å². The minimum atomic E-state index is 0.379. The Hall–Kier alpha value is -0.520. The van der Waals surface area contributed by atoms with E-state index in [2.05, 4.69) is 53.7 Å². The first-order chi connectivity index (χ1) is 6.67. The van der Waals surface area contributed by atoms with Gasteiger partial charge in [0, 0.05) is 0 Å². The molecule has 0 saturated heterocycles. The van der Waals surface area contributed by atoms with Crippen LogP contribution in [0.1, 0.15) is 60.8 Å². The Morgan fingerprint density at radius 3 is 2.00 bits per heavy atom. The Kier molecular flexibility index (Phi) is 3.48. The maximum absolute atomic E-state index is 3.51. The van der Waals surface area contributed by atoms with E-state index < -0.39 is 0 Å². The summed E-state index contributed by atoms with van der Waals surface area (Å²) in [7, 11) is 0. The third kappa shape index (κ3) is 4.68. The minimum absolute atomic E-state index is 0.379. The first-order valence-corrected chi connectivity index (χ1v) is 5.96. The van der Waals surface area contributed by atoms with Gasteiger partial charge in [0.1, 0.15) is 0 Å². The number of rotatable bonds is 2. The highest BCUT2D eigenvalue weighted by atomic mass is 14.3. The summed E-state index contributed by atoms with van der Waals surface area (Å²) in [5, 5.41) is 0. The second kappa shape index (κ2) is 4.15. The van der Waals surface area contributed by atoms with E-state index in [4.69, 9.17) is 0 Å². The topological polar surface area (TPSA) is 0 Å². The van der Waals surface area contributed by atoms with Crippen molar-refractivity contribution in [1.82, 2.24) is 0 Å². The van der Waals surface area contributed by atoms with Crippen LogP contribution in [0, 0.1) is 16.9 Å². The predicted molar refractivity (Wildman–Crippen MR) is 67.6 cm³/mol. The summed E-state index contributed by atoms with van der Waals surface area (Å²) < 4.78 is 0. The Morgan fingerprint density at radius 1 is 1.00 bits per heavy atom. The predicted octanol–water partition coefficient (Wildman–Crippen LogP) is 4.92. The molecule has 1 aliphatic carbocycles. The first-order valence-electron chi connectivity index (χ1n) is 5.96. The molecule has 0 fully saturated rings. The van der Waals surface area contributed by atoms with Crippen LogP contribution in [0.2, 0.25) is 0 Å². The Balaban J connectivity index is 2.65. The molecule has 0 saturated carbocycles. The van der Waals surface area contributed by atoms with Crippen molar-refractivity contribution in [3.05, 3.63) is 23.3 Å². The molecule has 0 N–H and O–H groups in total. The summed E-state index contributed by atoms with van der Waals surface area (Å²) >= 11 is 0. The van der Waals surface area contributed by atoms with Crippen molar-refractivity contribution in [2.45, 2.75) is 60.8 Å². The van der Waals surface area contributed by atoms with Gasteiger partial charge in [0.15, 0.2) is 0 Å². The molecule has 15 heavy (non-hydrogen) atoms. The van der Waals surface area contributed by atoms with Gasteiger partial charge in [-0.3, -0.25) is 0 Å². The third-order valence-electron chi connectivity index (χ3n) is 2.48. The molecule has 0 aliphatic heterocycles. The normalized spacial score (nSPS) is 17.7. The van der Waals surface area contributed by atoms with Crippen molar-refractivity contribution >= 4 is 0 Å². The highest BCUT2D eigenvalue weighted by Gasteiger charge is 2.21. The summed E-state index contributed by atoms with van der Waals surface area (Å²) in [6, 6.07) is 0. The molecule has 0 bridgehead atoms. The van der Waals surface area contributed by atoms with Gasteiger partial charge in [0.25, 0.3) is 0 Å². The molecule has 1 radical (unpaired) electrons. The fourth-order valence-corrected chi connectivity index (χ4v) is 1.99. The van der Waals surface area contributed by atoms with Gasteiger partial charge in [-0.15, -0.1) is 0 Å². The molecule has 0 spiro atoms.